The number of sulfonamides is 1. The van der Waals surface area contributed by atoms with E-state index in [-0.39, 0.29) is 10.5 Å². The van der Waals surface area contributed by atoms with Gasteiger partial charge in [-0.05, 0) is 42.5 Å². The largest absolute Gasteiger partial charge is 0.478 e. The maximum absolute atomic E-state index is 12.3. The van der Waals surface area contributed by atoms with Crippen molar-refractivity contribution in [1.82, 2.24) is 10.2 Å². The van der Waals surface area contributed by atoms with Crippen molar-refractivity contribution in [3.63, 3.8) is 0 Å². The van der Waals surface area contributed by atoms with Gasteiger partial charge in [0.05, 0.1) is 27.9 Å². The summed E-state index contributed by atoms with van der Waals surface area (Å²) in [6, 6.07) is 9.99. The Kier molecular flexibility index (Phi) is 3.30. The van der Waals surface area contributed by atoms with Crippen LogP contribution in [-0.2, 0) is 10.0 Å². The van der Waals surface area contributed by atoms with Crippen LogP contribution in [0.5, 0.6) is 0 Å². The molecule has 0 fully saturated rings. The molecule has 7 nitrogen and oxygen atoms in total. The van der Waals surface area contributed by atoms with Gasteiger partial charge in [-0.2, -0.15) is 5.10 Å². The molecule has 0 saturated heterocycles. The molecule has 1 heterocycles. The molecule has 0 bridgehead atoms. The van der Waals surface area contributed by atoms with E-state index in [4.69, 9.17) is 5.11 Å². The number of aromatic carboxylic acids is 1. The Morgan fingerprint density at radius 2 is 1.86 bits per heavy atom. The first-order valence-electron chi connectivity index (χ1n) is 6.25. The number of nitrogens with zero attached hydrogens (tertiary/aromatic N) is 1. The molecule has 3 rings (SSSR count). The number of rotatable bonds is 4. The average Bonchev–Trinajstić information content (AvgIpc) is 2.94. The van der Waals surface area contributed by atoms with E-state index in [0.29, 0.717) is 11.2 Å². The SMILES string of the molecule is O=C(O)c1ccc(S(=O)(=O)Nc2ccc3cn[nH]c3c2)cc1. The number of hydrogen-bond donors (Lipinski definition) is 3. The van der Waals surface area contributed by atoms with E-state index in [9.17, 15) is 13.2 Å². The minimum absolute atomic E-state index is 0.0118. The van der Waals surface area contributed by atoms with Crippen LogP contribution in [0.2, 0.25) is 0 Å². The van der Waals surface area contributed by atoms with Gasteiger partial charge in [0.25, 0.3) is 10.0 Å². The summed E-state index contributed by atoms with van der Waals surface area (Å²) < 4.78 is 27.0. The quantitative estimate of drug-likeness (QED) is 0.682. The first-order valence-corrected chi connectivity index (χ1v) is 7.73. The predicted octanol–water partition coefficient (Wildman–Crippen LogP) is 2.06. The van der Waals surface area contributed by atoms with Crippen LogP contribution < -0.4 is 4.72 Å². The van der Waals surface area contributed by atoms with E-state index in [1.165, 1.54) is 24.3 Å². The van der Waals surface area contributed by atoms with Crippen molar-refractivity contribution in [3.8, 4) is 0 Å². The van der Waals surface area contributed by atoms with E-state index in [1.54, 1.807) is 24.4 Å². The Labute approximate surface area is 125 Å². The molecule has 3 aromatic rings. The van der Waals surface area contributed by atoms with E-state index in [1.807, 2.05) is 0 Å². The van der Waals surface area contributed by atoms with Gasteiger partial charge in [0, 0.05) is 5.39 Å². The molecule has 0 unspecified atom stereocenters. The van der Waals surface area contributed by atoms with Crippen molar-refractivity contribution in [2.24, 2.45) is 0 Å². The summed E-state index contributed by atoms with van der Waals surface area (Å²) in [5.74, 6) is -1.11. The third-order valence-corrected chi connectivity index (χ3v) is 4.50. The van der Waals surface area contributed by atoms with Gasteiger partial charge in [0.1, 0.15) is 0 Å². The summed E-state index contributed by atoms with van der Waals surface area (Å²) in [5.41, 5.74) is 1.12. The topological polar surface area (TPSA) is 112 Å². The number of carbonyl (C=O) groups is 1. The van der Waals surface area contributed by atoms with Crippen molar-refractivity contribution >= 4 is 32.6 Å². The normalized spacial score (nSPS) is 11.5. The monoisotopic (exact) mass is 317 g/mol. The van der Waals surface area contributed by atoms with Crippen molar-refractivity contribution in [2.75, 3.05) is 4.72 Å². The molecule has 22 heavy (non-hydrogen) atoms. The van der Waals surface area contributed by atoms with Gasteiger partial charge in [-0.3, -0.25) is 9.82 Å². The maximum Gasteiger partial charge on any atom is 0.335 e. The van der Waals surface area contributed by atoms with Gasteiger partial charge >= 0.3 is 5.97 Å². The van der Waals surface area contributed by atoms with E-state index >= 15 is 0 Å². The molecule has 112 valence electrons. The van der Waals surface area contributed by atoms with E-state index in [0.717, 1.165) is 5.39 Å². The minimum atomic E-state index is -3.78. The maximum atomic E-state index is 12.3. The molecule has 0 spiro atoms. The van der Waals surface area contributed by atoms with Crippen LogP contribution >= 0.6 is 0 Å². The van der Waals surface area contributed by atoms with Gasteiger partial charge in [0.2, 0.25) is 0 Å². The molecule has 0 aliphatic heterocycles. The van der Waals surface area contributed by atoms with Crippen LogP contribution in [0.25, 0.3) is 10.9 Å². The summed E-state index contributed by atoms with van der Waals surface area (Å²) in [7, 11) is -3.78. The smallest absolute Gasteiger partial charge is 0.335 e. The van der Waals surface area contributed by atoms with Crippen LogP contribution in [-0.4, -0.2) is 29.7 Å². The van der Waals surface area contributed by atoms with Crippen molar-refractivity contribution in [1.29, 1.82) is 0 Å². The molecule has 0 radical (unpaired) electrons. The van der Waals surface area contributed by atoms with Gasteiger partial charge in [-0.1, -0.05) is 0 Å². The highest BCUT2D eigenvalue weighted by Crippen LogP contribution is 2.20. The molecule has 1 aromatic heterocycles. The van der Waals surface area contributed by atoms with Crippen LogP contribution in [0.15, 0.2) is 53.6 Å². The van der Waals surface area contributed by atoms with Crippen LogP contribution in [0.3, 0.4) is 0 Å². The molecule has 0 saturated carbocycles. The van der Waals surface area contributed by atoms with Crippen molar-refractivity contribution in [3.05, 3.63) is 54.2 Å². The minimum Gasteiger partial charge on any atom is -0.478 e. The molecule has 0 aliphatic rings. The zero-order chi connectivity index (χ0) is 15.7. The van der Waals surface area contributed by atoms with Crippen LogP contribution in [0, 0.1) is 0 Å². The number of nitrogens with one attached hydrogen (secondary N) is 2. The third kappa shape index (κ3) is 2.63. The molecule has 2 aromatic carbocycles. The second-order valence-electron chi connectivity index (χ2n) is 4.61. The standard InChI is InChI=1S/C14H11N3O4S/c18-14(19)9-2-5-12(6-3-9)22(20,21)17-11-4-1-10-8-15-16-13(10)7-11/h1-8,17H,(H,15,16)(H,18,19). The lowest BCUT2D eigenvalue weighted by Gasteiger charge is -2.08. The fourth-order valence-electron chi connectivity index (χ4n) is 1.99. The van der Waals surface area contributed by atoms with Crippen molar-refractivity contribution < 1.29 is 18.3 Å². The van der Waals surface area contributed by atoms with Gasteiger partial charge in [-0.15, -0.1) is 0 Å². The van der Waals surface area contributed by atoms with Gasteiger partial charge < -0.3 is 5.11 Å². The summed E-state index contributed by atoms with van der Waals surface area (Å²) in [5, 5.41) is 16.3. The second kappa shape index (κ2) is 5.15. The molecule has 8 heteroatoms. The third-order valence-electron chi connectivity index (χ3n) is 3.11. The molecule has 0 amide bonds. The number of fused-ring (bicyclic) bond motifs is 1. The second-order valence-corrected chi connectivity index (χ2v) is 6.29. The Morgan fingerprint density at radius 1 is 1.14 bits per heavy atom. The fourth-order valence-corrected chi connectivity index (χ4v) is 3.04. The van der Waals surface area contributed by atoms with E-state index < -0.39 is 16.0 Å². The molecular formula is C14H11N3O4S. The molecular weight excluding hydrogens is 306 g/mol. The lowest BCUT2D eigenvalue weighted by molar-refractivity contribution is 0.0696. The Bertz CT molecular complexity index is 946. The Morgan fingerprint density at radius 3 is 2.55 bits per heavy atom. The highest BCUT2D eigenvalue weighted by Gasteiger charge is 2.15. The summed E-state index contributed by atoms with van der Waals surface area (Å²) in [4.78, 5) is 10.8. The average molecular weight is 317 g/mol. The van der Waals surface area contributed by atoms with Gasteiger partial charge in [-0.25, -0.2) is 13.2 Å². The Hall–Kier alpha value is -2.87. The number of benzene rings is 2. The fraction of sp³-hybridized carbons (Fsp3) is 0. The first-order chi connectivity index (χ1) is 10.5. The highest BCUT2D eigenvalue weighted by atomic mass is 32.2. The van der Waals surface area contributed by atoms with Crippen LogP contribution in [0.1, 0.15) is 10.4 Å². The zero-order valence-corrected chi connectivity index (χ0v) is 12.0. The van der Waals surface area contributed by atoms with Crippen molar-refractivity contribution in [2.45, 2.75) is 4.90 Å². The number of aromatic nitrogens is 2. The number of hydrogen-bond acceptors (Lipinski definition) is 4. The highest BCUT2D eigenvalue weighted by molar-refractivity contribution is 7.92. The Balaban J connectivity index is 1.90. The number of anilines is 1. The first kappa shape index (κ1) is 14.1. The molecule has 0 atom stereocenters. The number of carboxylic acid groups (broad SMARTS) is 1. The van der Waals surface area contributed by atoms with E-state index in [2.05, 4.69) is 14.9 Å². The lowest BCUT2D eigenvalue weighted by atomic mass is 10.2. The molecule has 0 aliphatic carbocycles. The number of H-pyrrole nitrogens is 1. The zero-order valence-electron chi connectivity index (χ0n) is 11.1. The molecule has 3 N–H and O–H groups in total. The summed E-state index contributed by atoms with van der Waals surface area (Å²) in [6.07, 6.45) is 1.64. The number of carboxylic acids is 1. The number of aromatic amines is 1. The lowest BCUT2D eigenvalue weighted by Crippen LogP contribution is -2.13. The van der Waals surface area contributed by atoms with Crippen LogP contribution in [0.4, 0.5) is 5.69 Å². The van der Waals surface area contributed by atoms with Gasteiger partial charge in [0.15, 0.2) is 0 Å². The predicted molar refractivity (Wildman–Crippen MR) is 80.3 cm³/mol. The summed E-state index contributed by atoms with van der Waals surface area (Å²) in [6.45, 7) is 0. The summed E-state index contributed by atoms with van der Waals surface area (Å²) >= 11 is 0.